The molecular weight excluding hydrogens is 243 g/mol. The monoisotopic (exact) mass is 262 g/mol. The first-order chi connectivity index (χ1) is 9.02. The maximum atomic E-state index is 13.8. The number of ether oxygens (including phenoxy) is 1. The fraction of sp³-hybridized carbons (Fsp3) is 0.400. The summed E-state index contributed by atoms with van der Waals surface area (Å²) in [5.41, 5.74) is 2.04. The minimum absolute atomic E-state index is 0.133. The van der Waals surface area contributed by atoms with Crippen LogP contribution in [0, 0.1) is 11.7 Å². The van der Waals surface area contributed by atoms with Gasteiger partial charge < -0.3 is 4.74 Å². The molecule has 3 nitrogen and oxygen atoms in total. The Morgan fingerprint density at radius 3 is 2.47 bits per heavy atom. The Bertz CT molecular complexity index is 563. The topological polar surface area (TPSA) is 27.1 Å². The van der Waals surface area contributed by atoms with Gasteiger partial charge in [0, 0.05) is 19.2 Å². The third kappa shape index (κ3) is 2.78. The molecule has 0 fully saturated rings. The van der Waals surface area contributed by atoms with Gasteiger partial charge in [0.05, 0.1) is 13.3 Å². The van der Waals surface area contributed by atoms with Crippen LogP contribution in [-0.4, -0.2) is 16.9 Å². The van der Waals surface area contributed by atoms with Crippen LogP contribution in [0.4, 0.5) is 4.39 Å². The second-order valence-electron chi connectivity index (χ2n) is 5.06. The van der Waals surface area contributed by atoms with Gasteiger partial charge in [0.2, 0.25) is 0 Å². The van der Waals surface area contributed by atoms with Crippen LogP contribution in [0.1, 0.15) is 30.9 Å². The molecule has 1 aromatic carbocycles. The van der Waals surface area contributed by atoms with Crippen molar-refractivity contribution in [2.45, 2.75) is 19.8 Å². The van der Waals surface area contributed by atoms with Gasteiger partial charge in [-0.15, -0.1) is 0 Å². The molecule has 2 aromatic rings. The first-order valence-electron chi connectivity index (χ1n) is 6.35. The molecule has 4 heteroatoms. The first kappa shape index (κ1) is 13.6. The predicted molar refractivity (Wildman–Crippen MR) is 72.8 cm³/mol. The standard InChI is InChI=1S/C15H19FN2O/c1-10(2)15(12-8-17-18(3)9-12)11-5-6-14(19-4)13(16)7-11/h5-10,15H,1-4H3/t15-/m0/s1. The van der Waals surface area contributed by atoms with Gasteiger partial charge in [-0.05, 0) is 29.2 Å². The summed E-state index contributed by atoms with van der Waals surface area (Å²) in [6.07, 6.45) is 3.82. The summed E-state index contributed by atoms with van der Waals surface area (Å²) < 4.78 is 20.6. The third-order valence-electron chi connectivity index (χ3n) is 3.29. The van der Waals surface area contributed by atoms with Crippen molar-refractivity contribution < 1.29 is 9.13 Å². The van der Waals surface area contributed by atoms with Crippen molar-refractivity contribution in [3.8, 4) is 5.75 Å². The molecule has 102 valence electrons. The zero-order valence-corrected chi connectivity index (χ0v) is 11.7. The summed E-state index contributed by atoms with van der Waals surface area (Å²) >= 11 is 0. The Morgan fingerprint density at radius 1 is 1.26 bits per heavy atom. The average Bonchev–Trinajstić information content (AvgIpc) is 2.75. The number of halogens is 1. The summed E-state index contributed by atoms with van der Waals surface area (Å²) in [4.78, 5) is 0. The summed E-state index contributed by atoms with van der Waals surface area (Å²) in [5, 5.41) is 4.20. The maximum absolute atomic E-state index is 13.8. The van der Waals surface area contributed by atoms with E-state index < -0.39 is 0 Å². The number of aryl methyl sites for hydroxylation is 1. The minimum Gasteiger partial charge on any atom is -0.494 e. The van der Waals surface area contributed by atoms with E-state index in [2.05, 4.69) is 18.9 Å². The van der Waals surface area contributed by atoms with Crippen LogP contribution in [0.15, 0.2) is 30.6 Å². The molecule has 0 saturated heterocycles. The Balaban J connectivity index is 2.42. The molecular formula is C15H19FN2O. The number of hydrogen-bond donors (Lipinski definition) is 0. The molecule has 0 bridgehead atoms. The molecule has 0 aliphatic heterocycles. The van der Waals surface area contributed by atoms with Gasteiger partial charge in [-0.2, -0.15) is 5.10 Å². The van der Waals surface area contributed by atoms with E-state index in [1.807, 2.05) is 25.5 Å². The van der Waals surface area contributed by atoms with Crippen molar-refractivity contribution >= 4 is 0 Å². The summed E-state index contributed by atoms with van der Waals surface area (Å²) in [6, 6.07) is 5.15. The molecule has 0 amide bonds. The predicted octanol–water partition coefficient (Wildman–Crippen LogP) is 3.36. The molecule has 0 aliphatic carbocycles. The number of nitrogens with zero attached hydrogens (tertiary/aromatic N) is 2. The van der Waals surface area contributed by atoms with E-state index in [4.69, 9.17) is 4.74 Å². The number of benzene rings is 1. The molecule has 19 heavy (non-hydrogen) atoms. The van der Waals surface area contributed by atoms with Crippen LogP contribution in [-0.2, 0) is 7.05 Å². The normalized spacial score (nSPS) is 12.7. The summed E-state index contributed by atoms with van der Waals surface area (Å²) in [5.74, 6) is 0.443. The lowest BCUT2D eigenvalue weighted by molar-refractivity contribution is 0.385. The highest BCUT2D eigenvalue weighted by Crippen LogP contribution is 2.33. The van der Waals surface area contributed by atoms with Gasteiger partial charge in [-0.3, -0.25) is 4.68 Å². The lowest BCUT2D eigenvalue weighted by Gasteiger charge is -2.20. The number of aromatic nitrogens is 2. The van der Waals surface area contributed by atoms with Gasteiger partial charge in [0.15, 0.2) is 11.6 Å². The highest BCUT2D eigenvalue weighted by atomic mass is 19.1. The van der Waals surface area contributed by atoms with Crippen molar-refractivity contribution in [1.29, 1.82) is 0 Å². The average molecular weight is 262 g/mol. The smallest absolute Gasteiger partial charge is 0.165 e. The van der Waals surface area contributed by atoms with Gasteiger partial charge in [-0.25, -0.2) is 4.39 Å². The van der Waals surface area contributed by atoms with Gasteiger partial charge in [0.1, 0.15) is 0 Å². The van der Waals surface area contributed by atoms with Gasteiger partial charge in [-0.1, -0.05) is 19.9 Å². The minimum atomic E-state index is -0.324. The van der Waals surface area contributed by atoms with E-state index in [0.29, 0.717) is 5.92 Å². The quantitative estimate of drug-likeness (QED) is 0.844. The lowest BCUT2D eigenvalue weighted by Crippen LogP contribution is -2.08. The largest absolute Gasteiger partial charge is 0.494 e. The molecule has 0 unspecified atom stereocenters. The number of hydrogen-bond acceptors (Lipinski definition) is 2. The first-order valence-corrected chi connectivity index (χ1v) is 6.35. The zero-order valence-electron chi connectivity index (χ0n) is 11.7. The Labute approximate surface area is 113 Å². The van der Waals surface area contributed by atoms with Crippen molar-refractivity contribution in [3.05, 3.63) is 47.5 Å². The van der Waals surface area contributed by atoms with E-state index in [9.17, 15) is 4.39 Å². The number of rotatable bonds is 4. The number of methoxy groups -OCH3 is 1. The molecule has 0 N–H and O–H groups in total. The molecule has 1 atom stereocenters. The van der Waals surface area contributed by atoms with Crippen molar-refractivity contribution in [2.75, 3.05) is 7.11 Å². The van der Waals surface area contributed by atoms with Gasteiger partial charge >= 0.3 is 0 Å². The van der Waals surface area contributed by atoms with E-state index >= 15 is 0 Å². The van der Waals surface area contributed by atoms with Crippen LogP contribution in [0.2, 0.25) is 0 Å². The highest BCUT2D eigenvalue weighted by Gasteiger charge is 2.21. The molecule has 1 aromatic heterocycles. The highest BCUT2D eigenvalue weighted by molar-refractivity contribution is 5.36. The second-order valence-corrected chi connectivity index (χ2v) is 5.06. The van der Waals surface area contributed by atoms with Crippen molar-refractivity contribution in [3.63, 3.8) is 0 Å². The molecule has 0 saturated carbocycles. The Hall–Kier alpha value is -1.84. The van der Waals surface area contributed by atoms with Gasteiger partial charge in [0.25, 0.3) is 0 Å². The molecule has 1 heterocycles. The fourth-order valence-electron chi connectivity index (χ4n) is 2.44. The van der Waals surface area contributed by atoms with Crippen molar-refractivity contribution in [2.24, 2.45) is 13.0 Å². The van der Waals surface area contributed by atoms with E-state index in [-0.39, 0.29) is 17.5 Å². The van der Waals surface area contributed by atoms with Crippen LogP contribution < -0.4 is 4.74 Å². The van der Waals surface area contributed by atoms with Crippen LogP contribution in [0.25, 0.3) is 0 Å². The van der Waals surface area contributed by atoms with E-state index in [1.165, 1.54) is 7.11 Å². The SMILES string of the molecule is COc1ccc([C@@H](c2cnn(C)c2)C(C)C)cc1F. The van der Waals surface area contributed by atoms with E-state index in [1.54, 1.807) is 16.8 Å². The fourth-order valence-corrected chi connectivity index (χ4v) is 2.44. The maximum Gasteiger partial charge on any atom is 0.165 e. The Kier molecular flexibility index (Phi) is 3.88. The van der Waals surface area contributed by atoms with Crippen LogP contribution in [0.3, 0.4) is 0 Å². The zero-order chi connectivity index (χ0) is 14.0. The summed E-state index contributed by atoms with van der Waals surface area (Å²) in [6.45, 7) is 4.25. The van der Waals surface area contributed by atoms with Crippen molar-refractivity contribution in [1.82, 2.24) is 9.78 Å². The lowest BCUT2D eigenvalue weighted by atomic mass is 9.84. The third-order valence-corrected chi connectivity index (χ3v) is 3.29. The molecule has 0 spiro atoms. The molecule has 2 rings (SSSR count). The van der Waals surface area contributed by atoms with Crippen LogP contribution in [0.5, 0.6) is 5.75 Å². The Morgan fingerprint density at radius 2 is 2.00 bits per heavy atom. The second kappa shape index (κ2) is 5.43. The van der Waals surface area contributed by atoms with E-state index in [0.717, 1.165) is 11.1 Å². The molecule has 0 aliphatic rings. The summed E-state index contributed by atoms with van der Waals surface area (Å²) in [7, 11) is 3.36. The molecule has 0 radical (unpaired) electrons. The van der Waals surface area contributed by atoms with Crippen LogP contribution >= 0.6 is 0 Å².